The molecule has 1 aliphatic heterocycles. The van der Waals surface area contributed by atoms with Gasteiger partial charge in [-0.25, -0.2) is 0 Å². The number of aliphatic hydroxyl groups is 2. The van der Waals surface area contributed by atoms with Crippen LogP contribution in [0.25, 0.3) is 0 Å². The van der Waals surface area contributed by atoms with E-state index in [0.717, 1.165) is 10.3 Å². The monoisotopic (exact) mass is 311 g/mol. The molecule has 2 unspecified atom stereocenters. The molecule has 3 rings (SSSR count). The second kappa shape index (κ2) is 5.18. The molecule has 4 heteroatoms. The summed E-state index contributed by atoms with van der Waals surface area (Å²) in [5, 5.41) is 35.1. The van der Waals surface area contributed by atoms with Crippen LogP contribution >= 0.6 is 0 Å². The van der Waals surface area contributed by atoms with Crippen LogP contribution in [0.3, 0.4) is 0 Å². The molecule has 120 valence electrons. The van der Waals surface area contributed by atoms with Gasteiger partial charge in [0, 0.05) is 19.4 Å². The molecular formula is C19H21NO3. The third-order valence-corrected chi connectivity index (χ3v) is 4.88. The normalized spacial score (nSPS) is 26.6. The Morgan fingerprint density at radius 1 is 1.00 bits per heavy atom. The lowest BCUT2D eigenvalue weighted by atomic mass is 9.75. The summed E-state index contributed by atoms with van der Waals surface area (Å²) in [5.41, 5.74) is -0.494. The van der Waals surface area contributed by atoms with E-state index in [2.05, 4.69) is 0 Å². The van der Waals surface area contributed by atoms with E-state index in [0.29, 0.717) is 11.1 Å². The van der Waals surface area contributed by atoms with Crippen LogP contribution in [0.1, 0.15) is 30.5 Å². The number of hydrogen-bond donors (Lipinski definition) is 2. The van der Waals surface area contributed by atoms with Crippen LogP contribution in [0, 0.1) is 12.1 Å². The van der Waals surface area contributed by atoms with Crippen LogP contribution in [-0.4, -0.2) is 32.3 Å². The third kappa shape index (κ3) is 2.10. The van der Waals surface area contributed by atoms with Crippen molar-refractivity contribution in [3.63, 3.8) is 0 Å². The molecule has 2 atom stereocenters. The Morgan fingerprint density at radius 3 is 2.13 bits per heavy atom. The van der Waals surface area contributed by atoms with Crippen molar-refractivity contribution >= 4 is 5.71 Å². The van der Waals surface area contributed by atoms with Crippen molar-refractivity contribution in [3.05, 3.63) is 76.5 Å². The molecule has 2 aromatic rings. The highest BCUT2D eigenvalue weighted by atomic mass is 16.5. The van der Waals surface area contributed by atoms with E-state index in [1.54, 1.807) is 50.2 Å². The van der Waals surface area contributed by atoms with Crippen LogP contribution in [0.15, 0.2) is 54.6 Å². The van der Waals surface area contributed by atoms with E-state index in [4.69, 9.17) is 0 Å². The summed E-state index contributed by atoms with van der Waals surface area (Å²) in [7, 11) is 0. The van der Waals surface area contributed by atoms with E-state index < -0.39 is 17.2 Å². The van der Waals surface area contributed by atoms with Gasteiger partial charge in [0.1, 0.15) is 0 Å². The first-order valence-electron chi connectivity index (χ1n) is 7.67. The van der Waals surface area contributed by atoms with E-state index in [-0.39, 0.29) is 5.71 Å². The van der Waals surface area contributed by atoms with Gasteiger partial charge in [0.15, 0.2) is 11.7 Å². The minimum atomic E-state index is -1.69. The Kier molecular flexibility index (Phi) is 3.54. The standard InChI is InChI=1S/C19H21NO3/c1-13-9-11-15(12-10-13)19(22)17(21)16(20(23)18(19,2)3)14-7-5-4-6-8-14/h4-12,17,21-22H,1-3H3. The lowest BCUT2D eigenvalue weighted by Gasteiger charge is -2.35. The van der Waals surface area contributed by atoms with Crippen molar-refractivity contribution in [2.45, 2.75) is 38.0 Å². The summed E-state index contributed by atoms with van der Waals surface area (Å²) in [6, 6.07) is 16.2. The Bertz CT molecular complexity index is 750. The maximum atomic E-state index is 12.9. The second-order valence-electron chi connectivity index (χ2n) is 6.64. The minimum Gasteiger partial charge on any atom is -0.623 e. The first kappa shape index (κ1) is 15.7. The molecule has 0 saturated carbocycles. The van der Waals surface area contributed by atoms with Crippen molar-refractivity contribution in [2.24, 2.45) is 0 Å². The Balaban J connectivity index is 2.17. The van der Waals surface area contributed by atoms with E-state index in [9.17, 15) is 15.4 Å². The van der Waals surface area contributed by atoms with Gasteiger partial charge in [-0.3, -0.25) is 0 Å². The van der Waals surface area contributed by atoms with Crippen LogP contribution < -0.4 is 0 Å². The molecule has 2 aromatic carbocycles. The fourth-order valence-corrected chi connectivity index (χ4v) is 3.30. The smallest absolute Gasteiger partial charge is 0.227 e. The van der Waals surface area contributed by atoms with Gasteiger partial charge in [0.2, 0.25) is 11.3 Å². The molecule has 0 radical (unpaired) electrons. The van der Waals surface area contributed by atoms with Gasteiger partial charge in [0.25, 0.3) is 0 Å². The Morgan fingerprint density at radius 2 is 1.57 bits per heavy atom. The summed E-state index contributed by atoms with van der Waals surface area (Å²) in [5.74, 6) is 0. The van der Waals surface area contributed by atoms with Crippen molar-refractivity contribution in [1.29, 1.82) is 0 Å². The summed E-state index contributed by atoms with van der Waals surface area (Å²) >= 11 is 0. The fourth-order valence-electron chi connectivity index (χ4n) is 3.30. The second-order valence-corrected chi connectivity index (χ2v) is 6.64. The number of benzene rings is 2. The van der Waals surface area contributed by atoms with Gasteiger partial charge >= 0.3 is 0 Å². The van der Waals surface area contributed by atoms with Gasteiger partial charge in [-0.2, -0.15) is 4.74 Å². The zero-order valence-electron chi connectivity index (χ0n) is 13.5. The summed E-state index contributed by atoms with van der Waals surface area (Å²) in [6.07, 6.45) is -1.31. The molecule has 0 spiro atoms. The minimum absolute atomic E-state index is 0.193. The molecule has 0 aromatic heterocycles. The third-order valence-electron chi connectivity index (χ3n) is 4.88. The number of hydroxylamine groups is 1. The average molecular weight is 311 g/mol. The SMILES string of the molecule is Cc1ccc(C2(O)C(O)C(c3ccccc3)=[N+]([O-])C2(C)C)cc1. The average Bonchev–Trinajstić information content (AvgIpc) is 2.68. The quantitative estimate of drug-likeness (QED) is 0.661. The molecule has 2 N–H and O–H groups in total. The largest absolute Gasteiger partial charge is 0.623 e. The molecule has 4 nitrogen and oxygen atoms in total. The van der Waals surface area contributed by atoms with Gasteiger partial charge in [0.05, 0.1) is 0 Å². The van der Waals surface area contributed by atoms with Crippen LogP contribution in [0.5, 0.6) is 0 Å². The highest BCUT2D eigenvalue weighted by Gasteiger charge is 2.65. The van der Waals surface area contributed by atoms with E-state index in [1.807, 2.05) is 25.1 Å². The van der Waals surface area contributed by atoms with Crippen LogP contribution in [0.4, 0.5) is 0 Å². The maximum Gasteiger partial charge on any atom is 0.227 e. The molecule has 23 heavy (non-hydrogen) atoms. The van der Waals surface area contributed by atoms with Crippen molar-refractivity contribution in [2.75, 3.05) is 0 Å². The number of aliphatic hydroxyl groups excluding tert-OH is 1. The van der Waals surface area contributed by atoms with Gasteiger partial charge in [-0.1, -0.05) is 48.0 Å². The number of aryl methyl sites for hydroxylation is 1. The first-order chi connectivity index (χ1) is 10.8. The number of hydrogen-bond acceptors (Lipinski definition) is 3. The molecule has 0 bridgehead atoms. The Labute approximate surface area is 135 Å². The zero-order chi connectivity index (χ0) is 16.8. The molecular weight excluding hydrogens is 290 g/mol. The van der Waals surface area contributed by atoms with Crippen molar-refractivity contribution < 1.29 is 15.0 Å². The molecule has 1 heterocycles. The van der Waals surface area contributed by atoms with Gasteiger partial charge in [-0.15, -0.1) is 0 Å². The van der Waals surface area contributed by atoms with E-state index >= 15 is 0 Å². The summed E-state index contributed by atoms with van der Waals surface area (Å²) in [4.78, 5) is 0. The Hall–Kier alpha value is -2.17. The first-order valence-corrected chi connectivity index (χ1v) is 7.67. The highest BCUT2D eigenvalue weighted by molar-refractivity contribution is 6.02. The number of nitrogens with zero attached hydrogens (tertiary/aromatic N) is 1. The summed E-state index contributed by atoms with van der Waals surface area (Å²) < 4.78 is 0.743. The summed E-state index contributed by atoms with van der Waals surface area (Å²) in [6.45, 7) is 5.25. The predicted octanol–water partition coefficient (Wildman–Crippen LogP) is 2.34. The zero-order valence-corrected chi connectivity index (χ0v) is 13.5. The van der Waals surface area contributed by atoms with Crippen LogP contribution in [0.2, 0.25) is 0 Å². The van der Waals surface area contributed by atoms with Gasteiger partial charge < -0.3 is 15.4 Å². The topological polar surface area (TPSA) is 66.5 Å². The lowest BCUT2D eigenvalue weighted by molar-refractivity contribution is -0.554. The van der Waals surface area contributed by atoms with Crippen molar-refractivity contribution in [3.8, 4) is 0 Å². The fraction of sp³-hybridized carbons (Fsp3) is 0.316. The van der Waals surface area contributed by atoms with Crippen LogP contribution in [-0.2, 0) is 5.60 Å². The lowest BCUT2D eigenvalue weighted by Crippen LogP contribution is -2.54. The highest BCUT2D eigenvalue weighted by Crippen LogP contribution is 2.44. The number of rotatable bonds is 2. The van der Waals surface area contributed by atoms with Crippen molar-refractivity contribution in [1.82, 2.24) is 0 Å². The predicted molar refractivity (Wildman–Crippen MR) is 89.3 cm³/mol. The van der Waals surface area contributed by atoms with Gasteiger partial charge in [-0.05, 0) is 24.6 Å². The molecule has 1 aliphatic rings. The molecule has 0 saturated heterocycles. The van der Waals surface area contributed by atoms with E-state index in [1.165, 1.54) is 0 Å². The molecule has 0 aliphatic carbocycles. The molecule has 0 amide bonds. The maximum absolute atomic E-state index is 12.9. The molecule has 0 fully saturated rings.